The van der Waals surface area contributed by atoms with Crippen LogP contribution in [0.5, 0.6) is 5.75 Å². The molecule has 3 aliphatic heterocycles. The molecule has 2 amide bonds. The first kappa shape index (κ1) is 16.8. The molecule has 7 nitrogen and oxygen atoms in total. The van der Waals surface area contributed by atoms with E-state index in [2.05, 4.69) is 9.88 Å². The Bertz CT molecular complexity index is 657. The van der Waals surface area contributed by atoms with Crippen LogP contribution in [0.25, 0.3) is 0 Å². The first-order chi connectivity index (χ1) is 11.5. The van der Waals surface area contributed by atoms with Crippen LogP contribution in [0, 0.1) is 5.92 Å². The number of fused-ring (bicyclic) bond motifs is 4. The maximum absolute atomic E-state index is 12.3. The molecule has 4 rings (SSSR count). The van der Waals surface area contributed by atoms with Gasteiger partial charge in [0.05, 0.1) is 7.11 Å². The number of H-pyrrole nitrogens is 1. The van der Waals surface area contributed by atoms with E-state index < -0.39 is 0 Å². The van der Waals surface area contributed by atoms with Gasteiger partial charge in [0.25, 0.3) is 0 Å². The van der Waals surface area contributed by atoms with E-state index in [1.807, 2.05) is 4.90 Å². The number of carbonyl (C=O) groups excluding carboxylic acids is 1. The molecule has 3 saturated heterocycles. The number of rotatable bonds is 3. The summed E-state index contributed by atoms with van der Waals surface area (Å²) >= 11 is 0. The average molecular weight is 334 g/mol. The number of hydrogen-bond acceptors (Lipinski definition) is 4. The Morgan fingerprint density at radius 3 is 2.79 bits per heavy atom. The molecular weight excluding hydrogens is 308 g/mol. The van der Waals surface area contributed by atoms with Crippen molar-refractivity contribution in [2.24, 2.45) is 5.92 Å². The lowest BCUT2D eigenvalue weighted by Crippen LogP contribution is -2.45. The largest absolute Gasteiger partial charge is 0.491 e. The SMILES string of the molecule is COc1c[nH]c(CN2C[C@@H]3CC[C@H]2CN(C(=O)N(C)C)C3)cc1=O. The van der Waals surface area contributed by atoms with Crippen molar-refractivity contribution < 1.29 is 9.53 Å². The van der Waals surface area contributed by atoms with E-state index >= 15 is 0 Å². The molecule has 0 spiro atoms. The summed E-state index contributed by atoms with van der Waals surface area (Å²) in [6, 6.07) is 2.05. The molecule has 1 aromatic heterocycles. The van der Waals surface area contributed by atoms with Gasteiger partial charge < -0.3 is 19.5 Å². The summed E-state index contributed by atoms with van der Waals surface area (Å²) in [6.45, 7) is 3.25. The molecule has 1 aromatic rings. The van der Waals surface area contributed by atoms with Gasteiger partial charge in [0.1, 0.15) is 0 Å². The highest BCUT2D eigenvalue weighted by molar-refractivity contribution is 5.74. The zero-order valence-electron chi connectivity index (χ0n) is 14.6. The predicted molar refractivity (Wildman–Crippen MR) is 91.2 cm³/mol. The van der Waals surface area contributed by atoms with Crippen molar-refractivity contribution in [3.63, 3.8) is 0 Å². The Morgan fingerprint density at radius 1 is 1.33 bits per heavy atom. The molecule has 0 aromatic carbocycles. The second-order valence-corrected chi connectivity index (χ2v) is 7.00. The fourth-order valence-corrected chi connectivity index (χ4v) is 3.78. The van der Waals surface area contributed by atoms with Gasteiger partial charge in [-0.25, -0.2) is 4.79 Å². The fourth-order valence-electron chi connectivity index (χ4n) is 3.78. The van der Waals surface area contributed by atoms with E-state index in [9.17, 15) is 9.59 Å². The summed E-state index contributed by atoms with van der Waals surface area (Å²) in [7, 11) is 5.10. The van der Waals surface area contributed by atoms with Gasteiger partial charge in [-0.3, -0.25) is 9.69 Å². The van der Waals surface area contributed by atoms with Crippen molar-refractivity contribution in [2.75, 3.05) is 40.8 Å². The van der Waals surface area contributed by atoms with Crippen LogP contribution in [0.4, 0.5) is 4.79 Å². The van der Waals surface area contributed by atoms with Gasteiger partial charge in [0.15, 0.2) is 5.75 Å². The number of amides is 2. The minimum Gasteiger partial charge on any atom is -0.491 e. The van der Waals surface area contributed by atoms with Gasteiger partial charge in [-0.2, -0.15) is 0 Å². The van der Waals surface area contributed by atoms with Gasteiger partial charge in [-0.1, -0.05) is 0 Å². The normalized spacial score (nSPS) is 23.9. The Labute approximate surface area is 142 Å². The van der Waals surface area contributed by atoms with E-state index in [1.54, 1.807) is 31.3 Å². The number of piperidine rings is 1. The molecule has 3 fully saturated rings. The molecule has 0 radical (unpaired) electrons. The molecule has 2 atom stereocenters. The highest BCUT2D eigenvalue weighted by Crippen LogP contribution is 2.29. The third kappa shape index (κ3) is 3.40. The minimum absolute atomic E-state index is 0.0894. The van der Waals surface area contributed by atoms with Crippen molar-refractivity contribution in [2.45, 2.75) is 25.4 Å². The molecule has 24 heavy (non-hydrogen) atoms. The summed E-state index contributed by atoms with van der Waals surface area (Å²) in [5, 5.41) is 0. The Hall–Kier alpha value is -2.02. The molecule has 7 heteroatoms. The van der Waals surface area contributed by atoms with Crippen LogP contribution in [-0.2, 0) is 6.54 Å². The molecule has 2 bridgehead atoms. The van der Waals surface area contributed by atoms with Crippen molar-refractivity contribution in [1.29, 1.82) is 0 Å². The number of nitrogens with zero attached hydrogens (tertiary/aromatic N) is 3. The van der Waals surface area contributed by atoms with E-state index in [1.165, 1.54) is 7.11 Å². The third-order valence-electron chi connectivity index (χ3n) is 5.01. The number of nitrogens with one attached hydrogen (secondary N) is 1. The van der Waals surface area contributed by atoms with Gasteiger partial charge >= 0.3 is 6.03 Å². The summed E-state index contributed by atoms with van der Waals surface area (Å²) < 4.78 is 5.02. The second kappa shape index (κ2) is 6.84. The summed E-state index contributed by atoms with van der Waals surface area (Å²) in [6.07, 6.45) is 3.88. The van der Waals surface area contributed by atoms with Crippen molar-refractivity contribution >= 4 is 6.03 Å². The van der Waals surface area contributed by atoms with E-state index in [0.29, 0.717) is 24.3 Å². The number of carbonyl (C=O) groups is 1. The quantitative estimate of drug-likeness (QED) is 0.894. The molecule has 3 aliphatic rings. The molecule has 4 heterocycles. The Morgan fingerprint density at radius 2 is 2.12 bits per heavy atom. The smallest absolute Gasteiger partial charge is 0.319 e. The lowest BCUT2D eigenvalue weighted by molar-refractivity contribution is 0.121. The van der Waals surface area contributed by atoms with Crippen molar-refractivity contribution in [3.8, 4) is 5.75 Å². The van der Waals surface area contributed by atoms with E-state index in [0.717, 1.165) is 38.2 Å². The summed E-state index contributed by atoms with van der Waals surface area (Å²) in [4.78, 5) is 33.4. The van der Waals surface area contributed by atoms with Crippen molar-refractivity contribution in [1.82, 2.24) is 19.7 Å². The van der Waals surface area contributed by atoms with Crippen LogP contribution in [0.15, 0.2) is 17.1 Å². The number of methoxy groups -OCH3 is 1. The topological polar surface area (TPSA) is 68.9 Å². The summed E-state index contributed by atoms with van der Waals surface area (Å²) in [5.74, 6) is 0.830. The zero-order valence-corrected chi connectivity index (χ0v) is 14.6. The van der Waals surface area contributed by atoms with Crippen LogP contribution < -0.4 is 10.2 Å². The molecule has 1 N–H and O–H groups in total. The number of ether oxygens (including phenoxy) is 1. The van der Waals surface area contributed by atoms with Crippen LogP contribution >= 0.6 is 0 Å². The predicted octanol–water partition coefficient (Wildman–Crippen LogP) is 0.961. The first-order valence-corrected chi connectivity index (χ1v) is 8.43. The molecule has 132 valence electrons. The standard InChI is InChI=1S/C17H26N4O3/c1-19(2)17(23)21-9-12-4-5-14(11-21)20(8-12)10-13-6-15(22)16(24-3)7-18-13/h6-7,12,14H,4-5,8-11H2,1-3H3,(H,18,22)/t12-,14-/m0/s1. The molecule has 0 unspecified atom stereocenters. The maximum atomic E-state index is 12.3. The summed E-state index contributed by atoms with van der Waals surface area (Å²) in [5.41, 5.74) is 0.787. The van der Waals surface area contributed by atoms with E-state index in [4.69, 9.17) is 4.74 Å². The first-order valence-electron chi connectivity index (χ1n) is 8.43. The van der Waals surface area contributed by atoms with Gasteiger partial charge in [0.2, 0.25) is 5.43 Å². The zero-order chi connectivity index (χ0) is 17.3. The monoisotopic (exact) mass is 334 g/mol. The van der Waals surface area contributed by atoms with Crippen LogP contribution in [0.2, 0.25) is 0 Å². The third-order valence-corrected chi connectivity index (χ3v) is 5.01. The lowest BCUT2D eigenvalue weighted by Gasteiger charge is -2.35. The number of aromatic amines is 1. The Balaban J connectivity index is 1.73. The molecular formula is C17H26N4O3. The molecule has 0 saturated carbocycles. The number of urea groups is 1. The Kier molecular flexibility index (Phi) is 4.80. The second-order valence-electron chi connectivity index (χ2n) is 7.00. The average Bonchev–Trinajstić information content (AvgIpc) is 2.86. The fraction of sp³-hybridized carbons (Fsp3) is 0.647. The number of aromatic nitrogens is 1. The van der Waals surface area contributed by atoms with Crippen LogP contribution in [0.3, 0.4) is 0 Å². The van der Waals surface area contributed by atoms with Crippen LogP contribution in [0.1, 0.15) is 18.5 Å². The minimum atomic E-state index is -0.101. The van der Waals surface area contributed by atoms with Gasteiger partial charge in [0, 0.05) is 64.3 Å². The van der Waals surface area contributed by atoms with Gasteiger partial charge in [-0.15, -0.1) is 0 Å². The number of hydrogen-bond donors (Lipinski definition) is 1. The lowest BCUT2D eigenvalue weighted by atomic mass is 9.95. The maximum Gasteiger partial charge on any atom is 0.319 e. The van der Waals surface area contributed by atoms with E-state index in [-0.39, 0.29) is 11.5 Å². The highest BCUT2D eigenvalue weighted by Gasteiger charge is 2.36. The van der Waals surface area contributed by atoms with Gasteiger partial charge in [-0.05, 0) is 18.8 Å². The highest BCUT2D eigenvalue weighted by atomic mass is 16.5. The van der Waals surface area contributed by atoms with Crippen molar-refractivity contribution in [3.05, 3.63) is 28.2 Å². The number of pyridine rings is 1. The molecule has 0 aliphatic carbocycles. The van der Waals surface area contributed by atoms with Crippen LogP contribution in [-0.4, -0.2) is 72.6 Å².